The molecule has 0 aliphatic heterocycles. The van der Waals surface area contributed by atoms with Gasteiger partial charge in [-0.05, 0) is 60.1 Å². The molecule has 0 fully saturated rings. The van der Waals surface area contributed by atoms with Crippen molar-refractivity contribution in [2.45, 2.75) is 86.2 Å². The van der Waals surface area contributed by atoms with Crippen molar-refractivity contribution in [1.29, 1.82) is 0 Å². The second-order valence-corrected chi connectivity index (χ2v) is 12.2. The molecule has 0 unspecified atom stereocenters. The summed E-state index contributed by atoms with van der Waals surface area (Å²) in [6.45, 7) is 19.1. The van der Waals surface area contributed by atoms with Crippen molar-refractivity contribution in [2.75, 3.05) is 10.2 Å². The van der Waals surface area contributed by atoms with Crippen molar-refractivity contribution in [3.05, 3.63) is 81.9 Å². The Kier molecular flexibility index (Phi) is 7.97. The molecule has 0 saturated carbocycles. The van der Waals surface area contributed by atoms with Gasteiger partial charge in [0.25, 0.3) is 0 Å². The molecule has 0 atom stereocenters. The van der Waals surface area contributed by atoms with Crippen LogP contribution < -0.4 is 10.2 Å². The maximum absolute atomic E-state index is 11.5. The molecule has 0 aliphatic carbocycles. The van der Waals surface area contributed by atoms with Crippen LogP contribution in [0.15, 0.2) is 48.5 Å². The SMILES string of the molecule is CC(=O)Nc1ccc(N(Cc2cc(C)cc(C(C)(C)C)c2O)Cc2cc(C)cc(C(C)(C)C)c2O)cc1. The van der Waals surface area contributed by atoms with E-state index in [4.69, 9.17) is 0 Å². The first kappa shape index (κ1) is 28.1. The molecule has 1 amide bonds. The zero-order chi connectivity index (χ0) is 27.7. The Hall–Kier alpha value is -3.47. The number of phenols is 2. The highest BCUT2D eigenvalue weighted by atomic mass is 16.3. The summed E-state index contributed by atoms with van der Waals surface area (Å²) in [5.74, 6) is 0.493. The lowest BCUT2D eigenvalue weighted by Crippen LogP contribution is -2.24. The van der Waals surface area contributed by atoms with Crippen molar-refractivity contribution in [1.82, 2.24) is 0 Å². The Balaban J connectivity index is 2.11. The molecule has 0 aliphatic rings. The van der Waals surface area contributed by atoms with E-state index in [0.29, 0.717) is 24.6 Å². The zero-order valence-electron chi connectivity index (χ0n) is 23.8. The van der Waals surface area contributed by atoms with Gasteiger partial charge in [-0.15, -0.1) is 0 Å². The number of nitrogens with one attached hydrogen (secondary N) is 1. The number of amides is 1. The predicted molar refractivity (Wildman–Crippen MR) is 154 cm³/mol. The third-order valence-electron chi connectivity index (χ3n) is 6.56. The molecule has 198 valence electrons. The average molecular weight is 503 g/mol. The number of nitrogens with zero attached hydrogens (tertiary/aromatic N) is 1. The summed E-state index contributed by atoms with van der Waals surface area (Å²) in [7, 11) is 0. The Labute approximate surface area is 222 Å². The van der Waals surface area contributed by atoms with Crippen LogP contribution in [0.4, 0.5) is 11.4 Å². The van der Waals surface area contributed by atoms with Gasteiger partial charge in [-0.2, -0.15) is 0 Å². The maximum Gasteiger partial charge on any atom is 0.221 e. The molecule has 0 spiro atoms. The first-order valence-corrected chi connectivity index (χ1v) is 12.8. The van der Waals surface area contributed by atoms with Crippen LogP contribution in [0, 0.1) is 13.8 Å². The van der Waals surface area contributed by atoms with E-state index >= 15 is 0 Å². The van der Waals surface area contributed by atoms with Crippen LogP contribution in [0.3, 0.4) is 0 Å². The first-order chi connectivity index (χ1) is 17.1. The van der Waals surface area contributed by atoms with Crippen molar-refractivity contribution < 1.29 is 15.0 Å². The van der Waals surface area contributed by atoms with Gasteiger partial charge in [-0.25, -0.2) is 0 Å². The minimum absolute atomic E-state index is 0.122. The molecule has 37 heavy (non-hydrogen) atoms. The smallest absolute Gasteiger partial charge is 0.221 e. The van der Waals surface area contributed by atoms with Gasteiger partial charge in [0.2, 0.25) is 5.91 Å². The molecular formula is C32H42N2O3. The Bertz CT molecular complexity index is 1210. The fourth-order valence-electron chi connectivity index (χ4n) is 4.70. The van der Waals surface area contributed by atoms with E-state index in [1.807, 2.05) is 62.4 Å². The molecule has 3 N–H and O–H groups in total. The third-order valence-corrected chi connectivity index (χ3v) is 6.56. The lowest BCUT2D eigenvalue weighted by atomic mass is 9.83. The summed E-state index contributed by atoms with van der Waals surface area (Å²) in [6, 6.07) is 15.8. The molecule has 3 rings (SSSR count). The van der Waals surface area contributed by atoms with E-state index in [9.17, 15) is 15.0 Å². The maximum atomic E-state index is 11.5. The number of aryl methyl sites for hydroxylation is 2. The molecule has 3 aromatic carbocycles. The van der Waals surface area contributed by atoms with E-state index < -0.39 is 0 Å². The van der Waals surface area contributed by atoms with Crippen molar-refractivity contribution in [3.8, 4) is 11.5 Å². The highest BCUT2D eigenvalue weighted by molar-refractivity contribution is 5.88. The summed E-state index contributed by atoms with van der Waals surface area (Å²) in [5.41, 5.74) is 6.91. The number of rotatable bonds is 6. The number of anilines is 2. The van der Waals surface area contributed by atoms with Crippen LogP contribution in [0.25, 0.3) is 0 Å². The first-order valence-electron chi connectivity index (χ1n) is 12.8. The fourth-order valence-corrected chi connectivity index (χ4v) is 4.70. The van der Waals surface area contributed by atoms with Gasteiger partial charge in [-0.3, -0.25) is 4.79 Å². The van der Waals surface area contributed by atoms with Crippen molar-refractivity contribution in [2.24, 2.45) is 0 Å². The summed E-state index contributed by atoms with van der Waals surface area (Å²) >= 11 is 0. The number of benzene rings is 3. The van der Waals surface area contributed by atoms with Gasteiger partial charge in [0.05, 0.1) is 0 Å². The normalized spacial score (nSPS) is 11.9. The Morgan fingerprint density at radius 3 is 1.51 bits per heavy atom. The largest absolute Gasteiger partial charge is 0.507 e. The minimum Gasteiger partial charge on any atom is -0.507 e. The third kappa shape index (κ3) is 6.85. The second kappa shape index (κ2) is 10.5. The Morgan fingerprint density at radius 2 is 1.16 bits per heavy atom. The van der Waals surface area contributed by atoms with Crippen LogP contribution in [-0.4, -0.2) is 16.1 Å². The van der Waals surface area contributed by atoms with Crippen LogP contribution in [0.5, 0.6) is 11.5 Å². The van der Waals surface area contributed by atoms with E-state index in [0.717, 1.165) is 44.8 Å². The highest BCUT2D eigenvalue weighted by Crippen LogP contribution is 2.38. The van der Waals surface area contributed by atoms with Gasteiger partial charge < -0.3 is 20.4 Å². The number of hydrogen-bond acceptors (Lipinski definition) is 4. The molecule has 5 heteroatoms. The van der Waals surface area contributed by atoms with E-state index in [2.05, 4.69) is 51.8 Å². The minimum atomic E-state index is -0.202. The summed E-state index contributed by atoms with van der Waals surface area (Å²) < 4.78 is 0. The summed E-state index contributed by atoms with van der Waals surface area (Å²) in [6.07, 6.45) is 0. The molecule has 0 saturated heterocycles. The molecule has 3 aromatic rings. The fraction of sp³-hybridized carbons (Fsp3) is 0.406. The van der Waals surface area contributed by atoms with Gasteiger partial charge in [0, 0.05) is 42.5 Å². The summed E-state index contributed by atoms with van der Waals surface area (Å²) in [5, 5.41) is 25.4. The number of carbonyl (C=O) groups is 1. The molecular weight excluding hydrogens is 460 g/mol. The number of carbonyl (C=O) groups excluding carboxylic acids is 1. The number of aromatic hydroxyl groups is 2. The average Bonchev–Trinajstić information content (AvgIpc) is 2.76. The standard InChI is InChI=1S/C32H42N2O3/c1-20-14-23(29(36)27(16-20)31(4,5)6)18-34(26-12-10-25(11-13-26)33-22(3)35)19-24-15-21(2)17-28(30(24)37)32(7,8)9/h10-17,36-37H,18-19H2,1-9H3,(H,33,35). The predicted octanol–water partition coefficient (Wildman–Crippen LogP) is 7.47. The lowest BCUT2D eigenvalue weighted by molar-refractivity contribution is -0.114. The van der Waals surface area contributed by atoms with E-state index in [-0.39, 0.29) is 16.7 Å². The highest BCUT2D eigenvalue weighted by Gasteiger charge is 2.24. The van der Waals surface area contributed by atoms with Crippen molar-refractivity contribution >= 4 is 17.3 Å². The van der Waals surface area contributed by atoms with Gasteiger partial charge in [-0.1, -0.05) is 76.9 Å². The molecule has 0 bridgehead atoms. The van der Waals surface area contributed by atoms with Crippen LogP contribution in [0.2, 0.25) is 0 Å². The molecule has 0 heterocycles. The van der Waals surface area contributed by atoms with Crippen molar-refractivity contribution in [3.63, 3.8) is 0 Å². The van der Waals surface area contributed by atoms with Crippen LogP contribution in [-0.2, 0) is 28.7 Å². The molecule has 5 nitrogen and oxygen atoms in total. The molecule has 0 radical (unpaired) electrons. The Morgan fingerprint density at radius 1 is 0.757 bits per heavy atom. The second-order valence-electron chi connectivity index (χ2n) is 12.2. The number of hydrogen-bond donors (Lipinski definition) is 3. The lowest BCUT2D eigenvalue weighted by Gasteiger charge is -2.30. The van der Waals surface area contributed by atoms with E-state index in [1.165, 1.54) is 6.92 Å². The van der Waals surface area contributed by atoms with Gasteiger partial charge in [0.15, 0.2) is 0 Å². The monoisotopic (exact) mass is 502 g/mol. The molecule has 0 aromatic heterocycles. The van der Waals surface area contributed by atoms with E-state index in [1.54, 1.807) is 0 Å². The van der Waals surface area contributed by atoms with Gasteiger partial charge in [0.1, 0.15) is 11.5 Å². The van der Waals surface area contributed by atoms with Crippen LogP contribution >= 0.6 is 0 Å². The number of phenolic OH excluding ortho intramolecular Hbond substituents is 2. The summed E-state index contributed by atoms with van der Waals surface area (Å²) in [4.78, 5) is 13.7. The quantitative estimate of drug-likeness (QED) is 0.327. The zero-order valence-corrected chi connectivity index (χ0v) is 23.8. The van der Waals surface area contributed by atoms with Crippen LogP contribution in [0.1, 0.15) is 81.8 Å². The topological polar surface area (TPSA) is 72.8 Å². The van der Waals surface area contributed by atoms with Gasteiger partial charge >= 0.3 is 0 Å².